The van der Waals surface area contributed by atoms with Crippen molar-refractivity contribution < 1.29 is 13.2 Å². The van der Waals surface area contributed by atoms with Crippen LogP contribution in [0.1, 0.15) is 15.9 Å². The summed E-state index contributed by atoms with van der Waals surface area (Å²) < 4.78 is 24.9. The number of rotatable bonds is 5. The van der Waals surface area contributed by atoms with Crippen molar-refractivity contribution in [1.29, 1.82) is 0 Å². The Kier molecular flexibility index (Phi) is 4.90. The number of hydrogen-bond donors (Lipinski definition) is 0. The summed E-state index contributed by atoms with van der Waals surface area (Å²) in [5.74, 6) is 0.290. The summed E-state index contributed by atoms with van der Waals surface area (Å²) in [6.45, 7) is 0.431. The van der Waals surface area contributed by atoms with Crippen molar-refractivity contribution in [2.75, 3.05) is 22.9 Å². The first-order chi connectivity index (χ1) is 11.4. The third-order valence-corrected chi connectivity index (χ3v) is 6.55. The average molecular weight is 382 g/mol. The monoisotopic (exact) mass is 381 g/mol. The molecule has 7 heteroatoms. The number of carbonyl (C=O) groups excluding carboxylic acids is 1. The third-order valence-electron chi connectivity index (χ3n) is 3.85. The third kappa shape index (κ3) is 3.61. The van der Waals surface area contributed by atoms with Gasteiger partial charge in [0, 0.05) is 17.0 Å². The van der Waals surface area contributed by atoms with Gasteiger partial charge in [-0.15, -0.1) is 11.8 Å². The summed E-state index contributed by atoms with van der Waals surface area (Å²) in [6, 6.07) is 12.6. The van der Waals surface area contributed by atoms with Gasteiger partial charge < -0.3 is 0 Å². The van der Waals surface area contributed by atoms with Gasteiger partial charge in [-0.05, 0) is 42.3 Å². The predicted octanol–water partition coefficient (Wildman–Crippen LogP) is 3.64. The summed E-state index contributed by atoms with van der Waals surface area (Å²) in [7, 11) is -3.27. The lowest BCUT2D eigenvalue weighted by Gasteiger charge is -2.16. The summed E-state index contributed by atoms with van der Waals surface area (Å²) in [4.78, 5) is 13.3. The minimum atomic E-state index is -3.27. The van der Waals surface area contributed by atoms with E-state index in [1.807, 2.05) is 18.2 Å². The van der Waals surface area contributed by atoms with Crippen molar-refractivity contribution in [3.05, 3.63) is 58.6 Å². The highest BCUT2D eigenvalue weighted by Crippen LogP contribution is 2.32. The van der Waals surface area contributed by atoms with Crippen LogP contribution < -0.4 is 4.31 Å². The number of nitrogens with zero attached hydrogens (tertiary/aromatic N) is 1. The Balaban J connectivity index is 1.75. The molecule has 0 atom stereocenters. The summed E-state index contributed by atoms with van der Waals surface area (Å²) in [5, 5.41) is 0.632. The molecule has 2 aromatic rings. The van der Waals surface area contributed by atoms with E-state index in [0.717, 1.165) is 10.5 Å². The van der Waals surface area contributed by atoms with Crippen LogP contribution in [0.25, 0.3) is 0 Å². The molecule has 0 bridgehead atoms. The largest absolute Gasteiger partial charge is 0.293 e. The van der Waals surface area contributed by atoms with Crippen LogP contribution in [-0.4, -0.2) is 32.8 Å². The van der Waals surface area contributed by atoms with Crippen LogP contribution in [-0.2, 0) is 16.4 Å². The van der Waals surface area contributed by atoms with Gasteiger partial charge in [-0.25, -0.2) is 8.42 Å². The Morgan fingerprint density at radius 3 is 2.71 bits per heavy atom. The van der Waals surface area contributed by atoms with Crippen molar-refractivity contribution >= 4 is 44.9 Å². The van der Waals surface area contributed by atoms with Gasteiger partial charge in [0.25, 0.3) is 0 Å². The van der Waals surface area contributed by atoms with E-state index >= 15 is 0 Å². The van der Waals surface area contributed by atoms with Crippen LogP contribution in [0.4, 0.5) is 5.69 Å². The molecular formula is C17H16ClNO3S2. The second-order valence-corrected chi connectivity index (χ2v) is 8.90. The second-order valence-electron chi connectivity index (χ2n) is 5.57. The number of fused-ring (bicyclic) bond motifs is 1. The molecule has 24 heavy (non-hydrogen) atoms. The number of Topliss-reactive ketones (excluding diaryl/α,β-unsaturated/α-hetero) is 1. The lowest BCUT2D eigenvalue weighted by Crippen LogP contribution is -2.27. The Morgan fingerprint density at radius 1 is 1.25 bits per heavy atom. The first-order valence-electron chi connectivity index (χ1n) is 7.37. The maximum Gasteiger partial charge on any atom is 0.232 e. The topological polar surface area (TPSA) is 54.5 Å². The zero-order valence-electron chi connectivity index (χ0n) is 13.0. The summed E-state index contributed by atoms with van der Waals surface area (Å²) in [6.07, 6.45) is 1.82. The standard InChI is InChI=1S/C17H16ClNO3S2/c1-24(21,22)19-9-8-12-10-13(6-7-15(12)19)16(20)11-23-17-5-3-2-4-14(17)18/h2-7,10H,8-9,11H2,1H3. The number of ketones is 1. The Hall–Kier alpha value is -1.50. The number of sulfonamides is 1. The number of thioether (sulfide) groups is 1. The molecule has 1 aliphatic rings. The molecule has 4 nitrogen and oxygen atoms in total. The van der Waals surface area contributed by atoms with Crippen molar-refractivity contribution in [1.82, 2.24) is 0 Å². The van der Waals surface area contributed by atoms with Gasteiger partial charge in [-0.3, -0.25) is 9.10 Å². The molecule has 1 heterocycles. The lowest BCUT2D eigenvalue weighted by molar-refractivity contribution is 0.102. The minimum absolute atomic E-state index is 0.000486. The van der Waals surface area contributed by atoms with E-state index in [2.05, 4.69) is 0 Å². The number of halogens is 1. The highest BCUT2D eigenvalue weighted by Gasteiger charge is 2.26. The molecule has 0 saturated heterocycles. The van der Waals surface area contributed by atoms with Crippen molar-refractivity contribution in [2.45, 2.75) is 11.3 Å². The first kappa shape index (κ1) is 17.3. The van der Waals surface area contributed by atoms with Gasteiger partial charge >= 0.3 is 0 Å². The molecule has 126 valence electrons. The minimum Gasteiger partial charge on any atom is -0.293 e. The van der Waals surface area contributed by atoms with E-state index in [0.29, 0.717) is 29.2 Å². The van der Waals surface area contributed by atoms with Crippen LogP contribution >= 0.6 is 23.4 Å². The van der Waals surface area contributed by atoms with E-state index in [-0.39, 0.29) is 11.5 Å². The molecule has 0 unspecified atom stereocenters. The van der Waals surface area contributed by atoms with Gasteiger partial charge in [0.05, 0.1) is 22.7 Å². The SMILES string of the molecule is CS(=O)(=O)N1CCc2cc(C(=O)CSc3ccccc3Cl)ccc21. The van der Waals surface area contributed by atoms with Gasteiger partial charge in [0.1, 0.15) is 0 Å². The van der Waals surface area contributed by atoms with Crippen LogP contribution in [0.3, 0.4) is 0 Å². The normalized spacial score (nSPS) is 13.8. The van der Waals surface area contributed by atoms with Gasteiger partial charge in [0.2, 0.25) is 10.0 Å². The smallest absolute Gasteiger partial charge is 0.232 e. The van der Waals surface area contributed by atoms with Crippen LogP contribution in [0.2, 0.25) is 5.02 Å². The fraction of sp³-hybridized carbons (Fsp3) is 0.235. The number of benzene rings is 2. The molecule has 1 aliphatic heterocycles. The maximum absolute atomic E-state index is 12.4. The number of anilines is 1. The quantitative estimate of drug-likeness (QED) is 0.586. The molecule has 0 aliphatic carbocycles. The number of hydrogen-bond acceptors (Lipinski definition) is 4. The fourth-order valence-corrected chi connectivity index (χ4v) is 4.77. The zero-order chi connectivity index (χ0) is 17.3. The molecule has 0 amide bonds. The zero-order valence-corrected chi connectivity index (χ0v) is 15.4. The van der Waals surface area contributed by atoms with Crippen molar-refractivity contribution in [3.8, 4) is 0 Å². The molecule has 0 spiro atoms. The molecule has 2 aromatic carbocycles. The Labute approximate surface area is 150 Å². The van der Waals surface area contributed by atoms with E-state index in [4.69, 9.17) is 11.6 Å². The molecule has 0 saturated carbocycles. The van der Waals surface area contributed by atoms with Crippen molar-refractivity contribution in [3.63, 3.8) is 0 Å². The van der Waals surface area contributed by atoms with Gasteiger partial charge in [-0.2, -0.15) is 0 Å². The molecular weight excluding hydrogens is 366 g/mol. The van der Waals surface area contributed by atoms with E-state index in [1.54, 1.807) is 24.3 Å². The second kappa shape index (κ2) is 6.78. The first-order valence-corrected chi connectivity index (χ1v) is 10.6. The maximum atomic E-state index is 12.4. The summed E-state index contributed by atoms with van der Waals surface area (Å²) in [5.41, 5.74) is 2.17. The molecule has 0 radical (unpaired) electrons. The molecule has 0 fully saturated rings. The average Bonchev–Trinajstić information content (AvgIpc) is 2.97. The van der Waals surface area contributed by atoms with Crippen molar-refractivity contribution in [2.24, 2.45) is 0 Å². The van der Waals surface area contributed by atoms with E-state index in [1.165, 1.54) is 22.3 Å². The van der Waals surface area contributed by atoms with Crippen LogP contribution in [0, 0.1) is 0 Å². The predicted molar refractivity (Wildman–Crippen MR) is 98.8 cm³/mol. The lowest BCUT2D eigenvalue weighted by atomic mass is 10.1. The van der Waals surface area contributed by atoms with Gasteiger partial charge in [-0.1, -0.05) is 23.7 Å². The highest BCUT2D eigenvalue weighted by atomic mass is 35.5. The van der Waals surface area contributed by atoms with Crippen LogP contribution in [0.15, 0.2) is 47.4 Å². The molecule has 0 aromatic heterocycles. The van der Waals surface area contributed by atoms with Crippen LogP contribution in [0.5, 0.6) is 0 Å². The number of carbonyl (C=O) groups is 1. The highest BCUT2D eigenvalue weighted by molar-refractivity contribution is 8.00. The Morgan fingerprint density at radius 2 is 2.00 bits per heavy atom. The Bertz CT molecular complexity index is 896. The molecule has 3 rings (SSSR count). The fourth-order valence-electron chi connectivity index (χ4n) is 2.68. The van der Waals surface area contributed by atoms with Gasteiger partial charge in [0.15, 0.2) is 5.78 Å². The molecule has 0 N–H and O–H groups in total. The van der Waals surface area contributed by atoms with E-state index < -0.39 is 10.0 Å². The summed E-state index contributed by atoms with van der Waals surface area (Å²) >= 11 is 7.49. The van der Waals surface area contributed by atoms with E-state index in [9.17, 15) is 13.2 Å².